The molecule has 0 radical (unpaired) electrons. The fraction of sp³-hybridized carbons (Fsp3) is 0.364. The number of carbonyl (C=O) groups excluding carboxylic acids is 1. The quantitative estimate of drug-likeness (QED) is 0.764. The second-order valence-corrected chi connectivity index (χ2v) is 7.84. The Kier molecular flexibility index (Phi) is 5.12. The molecule has 2 fully saturated rings. The molecule has 1 amide bonds. The number of anilines is 2. The lowest BCUT2D eigenvalue weighted by molar-refractivity contribution is -0.117. The van der Waals surface area contributed by atoms with Crippen molar-refractivity contribution in [2.75, 3.05) is 16.8 Å². The smallest absolute Gasteiger partial charge is 0.227 e. The van der Waals surface area contributed by atoms with E-state index in [0.29, 0.717) is 11.5 Å². The van der Waals surface area contributed by atoms with Gasteiger partial charge in [-0.15, -0.1) is 0 Å². The lowest BCUT2D eigenvalue weighted by Gasteiger charge is -2.32. The molecule has 2 aromatic rings. The molecule has 27 heavy (non-hydrogen) atoms. The van der Waals surface area contributed by atoms with Gasteiger partial charge in [-0.3, -0.25) is 4.79 Å². The van der Waals surface area contributed by atoms with Crippen LogP contribution < -0.4 is 15.5 Å². The third-order valence-corrected chi connectivity index (χ3v) is 5.83. The minimum absolute atomic E-state index is 0.0894. The Morgan fingerprint density at radius 2 is 1.78 bits per heavy atom. The minimum Gasteiger partial charge on any atom is -0.353 e. The van der Waals surface area contributed by atoms with Crippen LogP contribution in [0.2, 0.25) is 0 Å². The van der Waals surface area contributed by atoms with E-state index in [1.165, 1.54) is 18.4 Å². The summed E-state index contributed by atoms with van der Waals surface area (Å²) in [5.74, 6) is 0.196. The molecule has 140 valence electrons. The van der Waals surface area contributed by atoms with Crippen LogP contribution in [0.3, 0.4) is 0 Å². The Bertz CT molecular complexity index is 830. The van der Waals surface area contributed by atoms with Crippen molar-refractivity contribution in [3.8, 4) is 0 Å². The monoisotopic (exact) mass is 379 g/mol. The summed E-state index contributed by atoms with van der Waals surface area (Å²) in [5.41, 5.74) is 3.05. The van der Waals surface area contributed by atoms with E-state index in [0.717, 1.165) is 37.2 Å². The summed E-state index contributed by atoms with van der Waals surface area (Å²) in [5, 5.41) is 7.55. The first-order chi connectivity index (χ1) is 13.2. The molecule has 1 aliphatic carbocycles. The van der Waals surface area contributed by atoms with Crippen molar-refractivity contribution in [2.45, 2.75) is 44.1 Å². The highest BCUT2D eigenvalue weighted by molar-refractivity contribution is 7.80. The van der Waals surface area contributed by atoms with Crippen molar-refractivity contribution in [2.24, 2.45) is 0 Å². The fourth-order valence-electron chi connectivity index (χ4n) is 4.27. The standard InChI is InChI=1S/C22H25N3OS/c26-20-12-7-15-25(20)19-11-6-10-18(16-19)23-21(27)24-22(13-4-5-14-22)17-8-2-1-3-9-17/h1-3,6,8-11,16H,4-5,7,12-15H2,(H2,23,24,27). The van der Waals surface area contributed by atoms with Crippen molar-refractivity contribution in [1.29, 1.82) is 0 Å². The Labute approximate surface area is 166 Å². The van der Waals surface area contributed by atoms with Crippen LogP contribution >= 0.6 is 12.2 Å². The number of hydrogen-bond donors (Lipinski definition) is 2. The lowest BCUT2D eigenvalue weighted by atomic mass is 9.88. The Morgan fingerprint density at radius 3 is 2.48 bits per heavy atom. The number of carbonyl (C=O) groups is 1. The number of amides is 1. The summed E-state index contributed by atoms with van der Waals surface area (Å²) in [6.07, 6.45) is 6.14. The summed E-state index contributed by atoms with van der Waals surface area (Å²) in [6, 6.07) is 18.5. The van der Waals surface area contributed by atoms with Crippen LogP contribution in [0.4, 0.5) is 11.4 Å². The number of nitrogens with zero attached hydrogens (tertiary/aromatic N) is 1. The summed E-state index contributed by atoms with van der Waals surface area (Å²) < 4.78 is 0. The molecule has 0 unspecified atom stereocenters. The van der Waals surface area contributed by atoms with Gasteiger partial charge in [-0.1, -0.05) is 49.2 Å². The van der Waals surface area contributed by atoms with E-state index in [1.807, 2.05) is 35.2 Å². The maximum Gasteiger partial charge on any atom is 0.227 e. The molecular formula is C22H25N3OS. The molecule has 1 saturated carbocycles. The van der Waals surface area contributed by atoms with Crippen LogP contribution in [0.5, 0.6) is 0 Å². The van der Waals surface area contributed by atoms with E-state index in [-0.39, 0.29) is 11.4 Å². The maximum absolute atomic E-state index is 12.0. The van der Waals surface area contributed by atoms with Gasteiger partial charge in [0.1, 0.15) is 0 Å². The summed E-state index contributed by atoms with van der Waals surface area (Å²) in [4.78, 5) is 13.9. The van der Waals surface area contributed by atoms with Gasteiger partial charge in [0.05, 0.1) is 5.54 Å². The molecule has 5 heteroatoms. The lowest BCUT2D eigenvalue weighted by Crippen LogP contribution is -2.45. The third-order valence-electron chi connectivity index (χ3n) is 5.63. The van der Waals surface area contributed by atoms with Gasteiger partial charge in [0.2, 0.25) is 5.91 Å². The van der Waals surface area contributed by atoms with Gasteiger partial charge in [0, 0.05) is 24.3 Å². The molecule has 2 aromatic carbocycles. The van der Waals surface area contributed by atoms with Gasteiger partial charge >= 0.3 is 0 Å². The van der Waals surface area contributed by atoms with E-state index in [4.69, 9.17) is 12.2 Å². The normalized spacial score (nSPS) is 18.5. The van der Waals surface area contributed by atoms with Crippen LogP contribution in [0.1, 0.15) is 44.1 Å². The molecule has 0 spiro atoms. The van der Waals surface area contributed by atoms with Crippen molar-refractivity contribution < 1.29 is 4.79 Å². The number of rotatable bonds is 4. The number of thiocarbonyl (C=S) groups is 1. The van der Waals surface area contributed by atoms with E-state index in [1.54, 1.807) is 0 Å². The zero-order valence-electron chi connectivity index (χ0n) is 15.4. The molecular weight excluding hydrogens is 354 g/mol. The highest BCUT2D eigenvalue weighted by atomic mass is 32.1. The molecule has 1 saturated heterocycles. The van der Waals surface area contributed by atoms with Crippen molar-refractivity contribution in [3.05, 3.63) is 60.2 Å². The van der Waals surface area contributed by atoms with E-state index in [2.05, 4.69) is 34.9 Å². The second-order valence-electron chi connectivity index (χ2n) is 7.43. The Morgan fingerprint density at radius 1 is 1.00 bits per heavy atom. The summed E-state index contributed by atoms with van der Waals surface area (Å²) >= 11 is 5.64. The van der Waals surface area contributed by atoms with Gasteiger partial charge in [-0.25, -0.2) is 0 Å². The predicted molar refractivity (Wildman–Crippen MR) is 114 cm³/mol. The molecule has 0 atom stereocenters. The molecule has 2 N–H and O–H groups in total. The molecule has 1 heterocycles. The van der Waals surface area contributed by atoms with Gasteiger partial charge in [-0.05, 0) is 55.2 Å². The zero-order valence-corrected chi connectivity index (χ0v) is 16.2. The van der Waals surface area contributed by atoms with Gasteiger partial charge in [-0.2, -0.15) is 0 Å². The topological polar surface area (TPSA) is 44.4 Å². The van der Waals surface area contributed by atoms with Crippen LogP contribution in [0, 0.1) is 0 Å². The minimum atomic E-state index is -0.0894. The van der Waals surface area contributed by atoms with Gasteiger partial charge in [0.25, 0.3) is 0 Å². The summed E-state index contributed by atoms with van der Waals surface area (Å²) in [7, 11) is 0. The average Bonchev–Trinajstić information content (AvgIpc) is 3.32. The second kappa shape index (κ2) is 7.69. The predicted octanol–water partition coefficient (Wildman–Crippen LogP) is 4.57. The molecule has 0 aromatic heterocycles. The summed E-state index contributed by atoms with van der Waals surface area (Å²) in [6.45, 7) is 0.794. The average molecular weight is 380 g/mol. The van der Waals surface area contributed by atoms with Gasteiger partial charge < -0.3 is 15.5 Å². The first-order valence-corrected chi connectivity index (χ1v) is 10.1. The van der Waals surface area contributed by atoms with Crippen LogP contribution in [-0.4, -0.2) is 17.6 Å². The number of nitrogens with one attached hydrogen (secondary N) is 2. The van der Waals surface area contributed by atoms with Crippen LogP contribution in [-0.2, 0) is 10.3 Å². The van der Waals surface area contributed by atoms with Crippen LogP contribution in [0.25, 0.3) is 0 Å². The largest absolute Gasteiger partial charge is 0.353 e. The number of hydrogen-bond acceptors (Lipinski definition) is 2. The highest BCUT2D eigenvalue weighted by Crippen LogP contribution is 2.38. The number of benzene rings is 2. The molecule has 0 bridgehead atoms. The van der Waals surface area contributed by atoms with E-state index >= 15 is 0 Å². The fourth-order valence-corrected chi connectivity index (χ4v) is 4.59. The van der Waals surface area contributed by atoms with Gasteiger partial charge in [0.15, 0.2) is 5.11 Å². The third kappa shape index (κ3) is 3.83. The Balaban J connectivity index is 1.48. The molecule has 4 rings (SSSR count). The molecule has 1 aliphatic heterocycles. The SMILES string of the molecule is O=C1CCCN1c1cccc(NC(=S)NC2(c3ccccc3)CCCC2)c1. The van der Waals surface area contributed by atoms with Crippen molar-refractivity contribution in [1.82, 2.24) is 5.32 Å². The molecule has 2 aliphatic rings. The maximum atomic E-state index is 12.0. The van der Waals surface area contributed by atoms with E-state index in [9.17, 15) is 4.79 Å². The van der Waals surface area contributed by atoms with Crippen molar-refractivity contribution >= 4 is 34.6 Å². The van der Waals surface area contributed by atoms with Crippen LogP contribution in [0.15, 0.2) is 54.6 Å². The first kappa shape index (κ1) is 18.0. The molecule has 4 nitrogen and oxygen atoms in total. The van der Waals surface area contributed by atoms with E-state index < -0.39 is 0 Å². The van der Waals surface area contributed by atoms with Crippen molar-refractivity contribution in [3.63, 3.8) is 0 Å². The Hall–Kier alpha value is -2.40. The highest BCUT2D eigenvalue weighted by Gasteiger charge is 2.36. The first-order valence-electron chi connectivity index (χ1n) is 9.71. The zero-order chi connectivity index (χ0) is 18.7.